The molecule has 1 aliphatic carbocycles. The first-order valence-electron chi connectivity index (χ1n) is 10.6. The van der Waals surface area contributed by atoms with E-state index in [1.165, 1.54) is 36.6 Å². The van der Waals surface area contributed by atoms with E-state index >= 15 is 0 Å². The molecular weight excluding hydrogens is 408 g/mol. The monoisotopic (exact) mass is 434 g/mol. The van der Waals surface area contributed by atoms with Gasteiger partial charge in [0.25, 0.3) is 5.91 Å². The zero-order valence-corrected chi connectivity index (χ0v) is 18.4. The van der Waals surface area contributed by atoms with Crippen LogP contribution >= 0.6 is 11.8 Å². The van der Waals surface area contributed by atoms with Crippen molar-refractivity contribution in [3.8, 4) is 11.4 Å². The SMILES string of the molecule is Cc1ccc(-c2nnc(SCC(=O)N/N=C/c3ccncc3)n2C2CCCCC2)cc1. The Bertz CT molecular complexity index is 1030. The summed E-state index contributed by atoms with van der Waals surface area (Å²) in [5.41, 5.74) is 5.73. The maximum Gasteiger partial charge on any atom is 0.250 e. The lowest BCUT2D eigenvalue weighted by Crippen LogP contribution is -2.20. The van der Waals surface area contributed by atoms with Crippen LogP contribution in [0.4, 0.5) is 0 Å². The molecule has 0 aliphatic heterocycles. The first-order valence-corrected chi connectivity index (χ1v) is 11.6. The molecule has 3 aromatic rings. The number of nitrogens with zero attached hydrogens (tertiary/aromatic N) is 5. The van der Waals surface area contributed by atoms with Crippen molar-refractivity contribution in [3.63, 3.8) is 0 Å². The third-order valence-electron chi connectivity index (χ3n) is 5.36. The number of aromatic nitrogens is 4. The van der Waals surface area contributed by atoms with Gasteiger partial charge in [0, 0.05) is 24.0 Å². The van der Waals surface area contributed by atoms with Crippen LogP contribution in [0.2, 0.25) is 0 Å². The number of hydrogen-bond acceptors (Lipinski definition) is 6. The van der Waals surface area contributed by atoms with Crippen molar-refractivity contribution in [1.82, 2.24) is 25.2 Å². The van der Waals surface area contributed by atoms with Crippen LogP contribution in [0, 0.1) is 6.92 Å². The molecule has 1 N–H and O–H groups in total. The van der Waals surface area contributed by atoms with Gasteiger partial charge in [-0.1, -0.05) is 60.9 Å². The van der Waals surface area contributed by atoms with E-state index in [-0.39, 0.29) is 11.7 Å². The summed E-state index contributed by atoms with van der Waals surface area (Å²) in [6.45, 7) is 2.08. The Labute approximate surface area is 186 Å². The summed E-state index contributed by atoms with van der Waals surface area (Å²) in [6, 6.07) is 12.4. The van der Waals surface area contributed by atoms with Gasteiger partial charge in [0.2, 0.25) is 0 Å². The van der Waals surface area contributed by atoms with Gasteiger partial charge >= 0.3 is 0 Å². The number of nitrogens with one attached hydrogen (secondary N) is 1. The number of hydrazone groups is 1. The predicted molar refractivity (Wildman–Crippen MR) is 123 cm³/mol. The van der Waals surface area contributed by atoms with Crippen LogP contribution in [0.25, 0.3) is 11.4 Å². The van der Waals surface area contributed by atoms with Gasteiger partial charge in [0.05, 0.1) is 12.0 Å². The van der Waals surface area contributed by atoms with E-state index < -0.39 is 0 Å². The molecule has 1 saturated carbocycles. The number of rotatable bonds is 7. The highest BCUT2D eigenvalue weighted by Gasteiger charge is 2.24. The third-order valence-corrected chi connectivity index (χ3v) is 6.30. The Morgan fingerprint density at radius 1 is 1.13 bits per heavy atom. The lowest BCUT2D eigenvalue weighted by atomic mass is 9.95. The second kappa shape index (κ2) is 10.3. The Balaban J connectivity index is 1.46. The summed E-state index contributed by atoms with van der Waals surface area (Å²) in [5.74, 6) is 0.933. The molecule has 1 amide bonds. The van der Waals surface area contributed by atoms with Crippen LogP contribution < -0.4 is 5.43 Å². The summed E-state index contributed by atoms with van der Waals surface area (Å²) in [6.07, 6.45) is 10.9. The van der Waals surface area contributed by atoms with Crippen LogP contribution in [0.5, 0.6) is 0 Å². The van der Waals surface area contributed by atoms with Crippen LogP contribution in [0.15, 0.2) is 59.0 Å². The van der Waals surface area contributed by atoms with Crippen LogP contribution in [-0.4, -0.2) is 37.6 Å². The highest BCUT2D eigenvalue weighted by molar-refractivity contribution is 7.99. The molecule has 4 rings (SSSR count). The average molecular weight is 435 g/mol. The number of carbonyl (C=O) groups is 1. The number of thioether (sulfide) groups is 1. The largest absolute Gasteiger partial charge is 0.299 e. The number of aryl methyl sites for hydroxylation is 1. The average Bonchev–Trinajstić information content (AvgIpc) is 3.23. The lowest BCUT2D eigenvalue weighted by Gasteiger charge is -2.25. The van der Waals surface area contributed by atoms with Gasteiger partial charge < -0.3 is 0 Å². The van der Waals surface area contributed by atoms with Crippen molar-refractivity contribution in [2.24, 2.45) is 5.10 Å². The minimum absolute atomic E-state index is 0.176. The van der Waals surface area contributed by atoms with E-state index in [1.54, 1.807) is 18.6 Å². The molecule has 0 saturated heterocycles. The Morgan fingerprint density at radius 3 is 2.61 bits per heavy atom. The normalized spacial score (nSPS) is 14.7. The van der Waals surface area contributed by atoms with Crippen molar-refractivity contribution < 1.29 is 4.79 Å². The number of benzene rings is 1. The van der Waals surface area contributed by atoms with E-state index in [0.29, 0.717) is 6.04 Å². The Kier molecular flexibility index (Phi) is 7.09. The smallest absolute Gasteiger partial charge is 0.250 e. The van der Waals surface area contributed by atoms with Gasteiger partial charge in [-0.3, -0.25) is 14.3 Å². The molecule has 0 bridgehead atoms. The van der Waals surface area contributed by atoms with Gasteiger partial charge in [0.15, 0.2) is 11.0 Å². The fraction of sp³-hybridized carbons (Fsp3) is 0.348. The molecule has 0 atom stereocenters. The van der Waals surface area contributed by atoms with Crippen molar-refractivity contribution in [2.75, 3.05) is 5.75 Å². The number of pyridine rings is 1. The van der Waals surface area contributed by atoms with Gasteiger partial charge in [0.1, 0.15) is 0 Å². The second-order valence-electron chi connectivity index (χ2n) is 7.70. The van der Waals surface area contributed by atoms with Crippen LogP contribution in [-0.2, 0) is 4.79 Å². The molecule has 1 aromatic carbocycles. The fourth-order valence-electron chi connectivity index (χ4n) is 3.73. The van der Waals surface area contributed by atoms with Gasteiger partial charge in [-0.2, -0.15) is 5.10 Å². The summed E-state index contributed by atoms with van der Waals surface area (Å²) < 4.78 is 2.24. The van der Waals surface area contributed by atoms with E-state index in [9.17, 15) is 4.79 Å². The molecule has 160 valence electrons. The van der Waals surface area contributed by atoms with Gasteiger partial charge in [-0.05, 0) is 37.5 Å². The van der Waals surface area contributed by atoms with E-state index in [4.69, 9.17) is 0 Å². The molecule has 0 spiro atoms. The zero-order chi connectivity index (χ0) is 21.5. The maximum atomic E-state index is 12.3. The van der Waals surface area contributed by atoms with Gasteiger partial charge in [-0.25, -0.2) is 5.43 Å². The van der Waals surface area contributed by atoms with E-state index in [2.05, 4.69) is 61.5 Å². The van der Waals surface area contributed by atoms with Crippen molar-refractivity contribution in [2.45, 2.75) is 50.2 Å². The number of hydrogen-bond donors (Lipinski definition) is 1. The summed E-state index contributed by atoms with van der Waals surface area (Å²) in [4.78, 5) is 16.3. The quantitative estimate of drug-likeness (QED) is 0.338. The highest BCUT2D eigenvalue weighted by atomic mass is 32.2. The molecule has 0 radical (unpaired) electrons. The fourth-order valence-corrected chi connectivity index (χ4v) is 4.53. The molecule has 2 heterocycles. The highest BCUT2D eigenvalue weighted by Crippen LogP contribution is 2.35. The number of carbonyl (C=O) groups excluding carboxylic acids is 1. The lowest BCUT2D eigenvalue weighted by molar-refractivity contribution is -0.118. The molecule has 0 unspecified atom stereocenters. The first kappa shape index (κ1) is 21.2. The van der Waals surface area contributed by atoms with E-state index in [0.717, 1.165) is 34.9 Å². The summed E-state index contributed by atoms with van der Waals surface area (Å²) in [5, 5.41) is 13.7. The van der Waals surface area contributed by atoms with Crippen LogP contribution in [0.3, 0.4) is 0 Å². The molecular formula is C23H26N6OS. The summed E-state index contributed by atoms with van der Waals surface area (Å²) >= 11 is 1.41. The molecule has 8 heteroatoms. The Morgan fingerprint density at radius 2 is 1.87 bits per heavy atom. The van der Waals surface area contributed by atoms with Crippen LogP contribution in [0.1, 0.15) is 49.3 Å². The first-order chi connectivity index (χ1) is 15.2. The standard InChI is InChI=1S/C23H26N6OS/c1-17-7-9-19(10-8-17)22-27-28-23(29(22)20-5-3-2-4-6-20)31-16-21(30)26-25-15-18-11-13-24-14-12-18/h7-15,20H,2-6,16H2,1H3,(H,26,30)/b25-15+. The molecule has 1 aliphatic rings. The number of amides is 1. The topological polar surface area (TPSA) is 85.1 Å². The van der Waals surface area contributed by atoms with Gasteiger partial charge in [-0.15, -0.1) is 10.2 Å². The third kappa shape index (κ3) is 5.58. The van der Waals surface area contributed by atoms with E-state index in [1.807, 2.05) is 12.1 Å². The molecule has 31 heavy (non-hydrogen) atoms. The second-order valence-corrected chi connectivity index (χ2v) is 8.64. The minimum atomic E-state index is -0.176. The maximum absolute atomic E-state index is 12.3. The molecule has 1 fully saturated rings. The van der Waals surface area contributed by atoms with Crippen molar-refractivity contribution in [3.05, 3.63) is 59.9 Å². The zero-order valence-electron chi connectivity index (χ0n) is 17.6. The summed E-state index contributed by atoms with van der Waals surface area (Å²) in [7, 11) is 0. The van der Waals surface area contributed by atoms with Crippen molar-refractivity contribution >= 4 is 23.9 Å². The molecule has 2 aromatic heterocycles. The predicted octanol–water partition coefficient (Wildman–Crippen LogP) is 4.40. The Hall–Kier alpha value is -3.00. The minimum Gasteiger partial charge on any atom is -0.299 e. The molecule has 7 nitrogen and oxygen atoms in total. The van der Waals surface area contributed by atoms with Crippen molar-refractivity contribution in [1.29, 1.82) is 0 Å².